The molecule has 3 aromatic rings. The molecule has 0 bridgehead atoms. The summed E-state index contributed by atoms with van der Waals surface area (Å²) in [6.45, 7) is 1.84. The first-order valence-electron chi connectivity index (χ1n) is 11.3. The minimum absolute atomic E-state index is 0.136. The zero-order valence-corrected chi connectivity index (χ0v) is 19.9. The molecule has 1 fully saturated rings. The van der Waals surface area contributed by atoms with Crippen molar-refractivity contribution in [3.8, 4) is 0 Å². The van der Waals surface area contributed by atoms with Gasteiger partial charge in [0.05, 0.1) is 17.2 Å². The van der Waals surface area contributed by atoms with Gasteiger partial charge >= 0.3 is 0 Å². The van der Waals surface area contributed by atoms with E-state index < -0.39 is 5.25 Å². The van der Waals surface area contributed by atoms with Crippen LogP contribution in [0.3, 0.4) is 0 Å². The lowest BCUT2D eigenvalue weighted by Gasteiger charge is -2.22. The molecule has 0 unspecified atom stereocenters. The molecule has 5 rings (SSSR count). The fourth-order valence-corrected chi connectivity index (χ4v) is 5.26. The Morgan fingerprint density at radius 3 is 2.67 bits per heavy atom. The number of hydrogen-bond donors (Lipinski definition) is 0. The van der Waals surface area contributed by atoms with E-state index in [-0.39, 0.29) is 11.9 Å². The SMILES string of the molecule is C[C@H](Sc1nnc(C2CCCCC2)o1)C(=O)N1N=C(c2ccc(Cl)cc2)C[C@H]1c1ccco1. The van der Waals surface area contributed by atoms with E-state index in [0.29, 0.717) is 34.2 Å². The van der Waals surface area contributed by atoms with Gasteiger partial charge in [0.1, 0.15) is 11.8 Å². The molecule has 33 heavy (non-hydrogen) atoms. The highest BCUT2D eigenvalue weighted by atomic mass is 35.5. The lowest BCUT2D eigenvalue weighted by molar-refractivity contribution is -0.132. The lowest BCUT2D eigenvalue weighted by Crippen LogP contribution is -2.33. The molecular weight excluding hydrogens is 460 g/mol. The van der Waals surface area contributed by atoms with Gasteiger partial charge in [0.2, 0.25) is 5.89 Å². The van der Waals surface area contributed by atoms with Gasteiger partial charge in [-0.05, 0) is 49.6 Å². The zero-order valence-electron chi connectivity index (χ0n) is 18.3. The summed E-state index contributed by atoms with van der Waals surface area (Å²) in [5.41, 5.74) is 1.75. The van der Waals surface area contributed by atoms with Crippen LogP contribution in [-0.4, -0.2) is 32.1 Å². The highest BCUT2D eigenvalue weighted by Gasteiger charge is 2.37. The zero-order chi connectivity index (χ0) is 22.8. The van der Waals surface area contributed by atoms with E-state index in [1.54, 1.807) is 6.26 Å². The summed E-state index contributed by atoms with van der Waals surface area (Å²) >= 11 is 7.31. The number of carbonyl (C=O) groups excluding carboxylic acids is 1. The van der Waals surface area contributed by atoms with Crippen LogP contribution in [0.25, 0.3) is 0 Å². The van der Waals surface area contributed by atoms with Crippen LogP contribution in [0.2, 0.25) is 5.02 Å². The molecule has 2 aliphatic rings. The van der Waals surface area contributed by atoms with Crippen molar-refractivity contribution in [3.63, 3.8) is 0 Å². The summed E-state index contributed by atoms with van der Waals surface area (Å²) in [5, 5.41) is 15.3. The average Bonchev–Trinajstić information content (AvgIpc) is 3.60. The molecule has 1 amide bonds. The summed E-state index contributed by atoms with van der Waals surface area (Å²) in [6.07, 6.45) is 8.00. The summed E-state index contributed by atoms with van der Waals surface area (Å²) in [7, 11) is 0. The summed E-state index contributed by atoms with van der Waals surface area (Å²) in [6, 6.07) is 10.9. The molecule has 2 aromatic heterocycles. The topological polar surface area (TPSA) is 84.7 Å². The Hall–Kier alpha value is -2.58. The third kappa shape index (κ3) is 4.87. The first-order chi connectivity index (χ1) is 16.1. The highest BCUT2D eigenvalue weighted by molar-refractivity contribution is 8.00. The Balaban J connectivity index is 1.33. The predicted molar refractivity (Wildman–Crippen MR) is 126 cm³/mol. The van der Waals surface area contributed by atoms with E-state index in [4.69, 9.17) is 20.4 Å². The number of aromatic nitrogens is 2. The van der Waals surface area contributed by atoms with Gasteiger partial charge < -0.3 is 8.83 Å². The van der Waals surface area contributed by atoms with Crippen LogP contribution < -0.4 is 0 Å². The fraction of sp³-hybridized carbons (Fsp3) is 0.417. The predicted octanol–water partition coefficient (Wildman–Crippen LogP) is 6.22. The Kier molecular flexibility index (Phi) is 6.55. The molecular formula is C24H25ClN4O3S. The van der Waals surface area contributed by atoms with E-state index in [1.165, 1.54) is 36.0 Å². The second kappa shape index (κ2) is 9.73. The largest absolute Gasteiger partial charge is 0.467 e. The molecule has 2 atom stereocenters. The average molecular weight is 485 g/mol. The van der Waals surface area contributed by atoms with Crippen molar-refractivity contribution in [1.82, 2.24) is 15.2 Å². The Bertz CT molecular complexity index is 1120. The minimum Gasteiger partial charge on any atom is -0.467 e. The lowest BCUT2D eigenvalue weighted by atomic mass is 9.89. The van der Waals surface area contributed by atoms with E-state index in [9.17, 15) is 4.79 Å². The van der Waals surface area contributed by atoms with Crippen LogP contribution in [0.4, 0.5) is 0 Å². The summed E-state index contributed by atoms with van der Waals surface area (Å²) < 4.78 is 11.5. The van der Waals surface area contributed by atoms with Crippen molar-refractivity contribution in [1.29, 1.82) is 0 Å². The molecule has 9 heteroatoms. The van der Waals surface area contributed by atoms with Gasteiger partial charge in [0.15, 0.2) is 0 Å². The number of hydrogen-bond acceptors (Lipinski definition) is 7. The number of rotatable bonds is 6. The van der Waals surface area contributed by atoms with Crippen LogP contribution >= 0.6 is 23.4 Å². The maximum Gasteiger partial charge on any atom is 0.277 e. The molecule has 0 radical (unpaired) electrons. The van der Waals surface area contributed by atoms with Gasteiger partial charge in [-0.1, -0.05) is 54.8 Å². The quantitative estimate of drug-likeness (QED) is 0.386. The number of carbonyl (C=O) groups is 1. The number of halogens is 1. The number of benzene rings is 1. The molecule has 7 nitrogen and oxygen atoms in total. The second-order valence-corrected chi connectivity index (χ2v) is 10.2. The number of amides is 1. The molecule has 0 N–H and O–H groups in total. The number of thioether (sulfide) groups is 1. The molecule has 0 saturated heterocycles. The van der Waals surface area contributed by atoms with Gasteiger partial charge in [-0.3, -0.25) is 4.79 Å². The van der Waals surface area contributed by atoms with E-state index >= 15 is 0 Å². The van der Waals surface area contributed by atoms with Crippen molar-refractivity contribution >= 4 is 35.0 Å². The number of hydrazone groups is 1. The van der Waals surface area contributed by atoms with Crippen LogP contribution in [-0.2, 0) is 4.79 Å². The van der Waals surface area contributed by atoms with Gasteiger partial charge in [0.25, 0.3) is 11.1 Å². The van der Waals surface area contributed by atoms with Crippen molar-refractivity contribution in [2.45, 2.75) is 67.9 Å². The summed E-state index contributed by atoms with van der Waals surface area (Å²) in [4.78, 5) is 13.4. The molecule has 172 valence electrons. The van der Waals surface area contributed by atoms with Crippen molar-refractivity contribution in [3.05, 3.63) is 64.9 Å². The van der Waals surface area contributed by atoms with Crippen LogP contribution in [0, 0.1) is 0 Å². The van der Waals surface area contributed by atoms with Gasteiger partial charge in [0, 0.05) is 17.4 Å². The molecule has 1 aromatic carbocycles. The van der Waals surface area contributed by atoms with Crippen LogP contribution in [0.15, 0.2) is 61.8 Å². The molecule has 1 aliphatic heterocycles. The van der Waals surface area contributed by atoms with Crippen LogP contribution in [0.5, 0.6) is 0 Å². The molecule has 0 spiro atoms. The first-order valence-corrected chi connectivity index (χ1v) is 12.5. The van der Waals surface area contributed by atoms with E-state index in [2.05, 4.69) is 15.3 Å². The van der Waals surface area contributed by atoms with E-state index in [0.717, 1.165) is 24.1 Å². The third-order valence-corrected chi connectivity index (χ3v) is 7.36. The molecule has 3 heterocycles. The van der Waals surface area contributed by atoms with Gasteiger partial charge in [-0.15, -0.1) is 10.2 Å². The molecule has 1 aliphatic carbocycles. The second-order valence-electron chi connectivity index (χ2n) is 8.47. The maximum atomic E-state index is 13.4. The standard InChI is InChI=1S/C24H25ClN4O3S/c1-15(33-24-27-26-22(32-24)17-6-3-2-4-7-17)23(30)29-20(21-8-5-13-31-21)14-19(28-29)16-9-11-18(25)12-10-16/h5,8-13,15,17,20H,2-4,6-7,14H2,1H3/t15-,20-/m0/s1. The minimum atomic E-state index is -0.449. The first kappa shape index (κ1) is 22.2. The van der Waals surface area contributed by atoms with Crippen molar-refractivity contribution in [2.75, 3.05) is 0 Å². The number of nitrogens with zero attached hydrogens (tertiary/aromatic N) is 4. The monoisotopic (exact) mass is 484 g/mol. The Labute approximate surface area is 201 Å². The molecule has 1 saturated carbocycles. The Morgan fingerprint density at radius 2 is 1.94 bits per heavy atom. The Morgan fingerprint density at radius 1 is 1.15 bits per heavy atom. The smallest absolute Gasteiger partial charge is 0.277 e. The van der Waals surface area contributed by atoms with Gasteiger partial charge in [-0.25, -0.2) is 5.01 Å². The van der Waals surface area contributed by atoms with Gasteiger partial charge in [-0.2, -0.15) is 5.10 Å². The maximum absolute atomic E-state index is 13.4. The normalized spacial score (nSPS) is 20.1. The summed E-state index contributed by atoms with van der Waals surface area (Å²) in [5.74, 6) is 1.59. The third-order valence-electron chi connectivity index (χ3n) is 6.19. The van der Waals surface area contributed by atoms with Crippen molar-refractivity contribution in [2.24, 2.45) is 5.10 Å². The van der Waals surface area contributed by atoms with Crippen LogP contribution in [0.1, 0.15) is 74.6 Å². The van der Waals surface area contributed by atoms with Crippen molar-refractivity contribution < 1.29 is 13.6 Å². The van der Waals surface area contributed by atoms with E-state index in [1.807, 2.05) is 43.3 Å². The number of furan rings is 1. The fourth-order valence-electron chi connectivity index (χ4n) is 4.40. The highest BCUT2D eigenvalue weighted by Crippen LogP contribution is 2.37.